The van der Waals surface area contributed by atoms with Crippen molar-refractivity contribution in [3.05, 3.63) is 15.6 Å². The summed E-state index contributed by atoms with van der Waals surface area (Å²) in [4.78, 5) is 36.4. The minimum Gasteiger partial charge on any atom is -0.466 e. The van der Waals surface area contributed by atoms with Crippen LogP contribution in [0.1, 0.15) is 38.5 Å². The van der Waals surface area contributed by atoms with Crippen LogP contribution in [0.3, 0.4) is 0 Å². The van der Waals surface area contributed by atoms with E-state index in [1.807, 2.05) is 0 Å². The van der Waals surface area contributed by atoms with Gasteiger partial charge in [0.25, 0.3) is 0 Å². The van der Waals surface area contributed by atoms with E-state index in [1.165, 1.54) is 0 Å². The van der Waals surface area contributed by atoms with Crippen molar-refractivity contribution in [3.63, 3.8) is 0 Å². The number of carbonyl (C=O) groups is 3. The second kappa shape index (κ2) is 6.12. The SMILES string of the molecule is CCOC(=O)CCc1nc(C=O)c(C=O)s1. The predicted molar refractivity (Wildman–Crippen MR) is 57.8 cm³/mol. The van der Waals surface area contributed by atoms with Gasteiger partial charge in [-0.1, -0.05) is 0 Å². The molecule has 0 aliphatic heterocycles. The summed E-state index contributed by atoms with van der Waals surface area (Å²) in [5.41, 5.74) is 0.138. The molecule has 1 heterocycles. The number of rotatable bonds is 6. The summed E-state index contributed by atoms with van der Waals surface area (Å²) >= 11 is 1.13. The number of nitrogens with zero attached hydrogens (tertiary/aromatic N) is 1. The summed E-state index contributed by atoms with van der Waals surface area (Å²) in [6, 6.07) is 0. The van der Waals surface area contributed by atoms with Crippen LogP contribution in [0.5, 0.6) is 0 Å². The third-order valence-electron chi connectivity index (χ3n) is 1.79. The van der Waals surface area contributed by atoms with Crippen LogP contribution >= 0.6 is 11.3 Å². The molecule has 86 valence electrons. The zero-order valence-corrected chi connectivity index (χ0v) is 9.58. The van der Waals surface area contributed by atoms with E-state index < -0.39 is 0 Å². The molecule has 0 atom stereocenters. The van der Waals surface area contributed by atoms with Gasteiger partial charge in [0, 0.05) is 6.42 Å². The second-order valence-corrected chi connectivity index (χ2v) is 4.01. The molecule has 0 saturated heterocycles. The van der Waals surface area contributed by atoms with Crippen molar-refractivity contribution in [2.45, 2.75) is 19.8 Å². The number of aldehydes is 2. The zero-order valence-electron chi connectivity index (χ0n) is 8.76. The van der Waals surface area contributed by atoms with Crippen molar-refractivity contribution in [2.75, 3.05) is 6.61 Å². The molecule has 0 amide bonds. The van der Waals surface area contributed by atoms with Crippen LogP contribution in [0.25, 0.3) is 0 Å². The van der Waals surface area contributed by atoms with E-state index in [-0.39, 0.29) is 18.1 Å². The van der Waals surface area contributed by atoms with E-state index in [9.17, 15) is 14.4 Å². The molecular weight excluding hydrogens is 230 g/mol. The molecule has 6 heteroatoms. The topological polar surface area (TPSA) is 73.3 Å². The van der Waals surface area contributed by atoms with Gasteiger partial charge in [-0.25, -0.2) is 4.98 Å². The molecule has 0 unspecified atom stereocenters. The molecule has 0 saturated carbocycles. The van der Waals surface area contributed by atoms with E-state index in [2.05, 4.69) is 4.98 Å². The normalized spacial score (nSPS) is 9.81. The Morgan fingerprint density at radius 3 is 2.69 bits per heavy atom. The van der Waals surface area contributed by atoms with Crippen LogP contribution in [0.4, 0.5) is 0 Å². The molecule has 16 heavy (non-hydrogen) atoms. The van der Waals surface area contributed by atoms with Gasteiger partial charge in [0.05, 0.1) is 22.9 Å². The summed E-state index contributed by atoms with van der Waals surface area (Å²) < 4.78 is 4.75. The molecule has 5 nitrogen and oxygen atoms in total. The van der Waals surface area contributed by atoms with Crippen molar-refractivity contribution in [3.8, 4) is 0 Å². The Morgan fingerprint density at radius 1 is 1.44 bits per heavy atom. The maximum absolute atomic E-state index is 11.1. The van der Waals surface area contributed by atoms with Gasteiger partial charge >= 0.3 is 5.97 Å². The van der Waals surface area contributed by atoms with Gasteiger partial charge in [0.2, 0.25) is 0 Å². The average Bonchev–Trinajstić information content (AvgIpc) is 2.69. The van der Waals surface area contributed by atoms with E-state index in [1.54, 1.807) is 6.92 Å². The molecular formula is C10H11NO4S. The standard InChI is InChI=1S/C10H11NO4S/c1-2-15-10(14)4-3-9-11-7(5-12)8(6-13)16-9/h5-6H,2-4H2,1H3. The quantitative estimate of drug-likeness (QED) is 0.553. The maximum Gasteiger partial charge on any atom is 0.306 e. The molecule has 1 rings (SSSR count). The van der Waals surface area contributed by atoms with Crippen molar-refractivity contribution in [1.29, 1.82) is 0 Å². The van der Waals surface area contributed by atoms with E-state index >= 15 is 0 Å². The lowest BCUT2D eigenvalue weighted by atomic mass is 10.3. The van der Waals surface area contributed by atoms with Crippen molar-refractivity contribution >= 4 is 29.9 Å². The zero-order chi connectivity index (χ0) is 12.0. The molecule has 1 aromatic heterocycles. The Kier molecular flexibility index (Phi) is 4.78. The van der Waals surface area contributed by atoms with Gasteiger partial charge in [0.15, 0.2) is 12.6 Å². The fourth-order valence-corrected chi connectivity index (χ4v) is 1.96. The highest BCUT2D eigenvalue weighted by molar-refractivity contribution is 7.13. The predicted octanol–water partition coefficient (Wildman–Crippen LogP) is 1.26. The Balaban J connectivity index is 2.60. The Bertz CT molecular complexity index is 374. The second-order valence-electron chi connectivity index (χ2n) is 2.90. The minimum absolute atomic E-state index is 0.138. The van der Waals surface area contributed by atoms with Crippen LogP contribution in [0.2, 0.25) is 0 Å². The third kappa shape index (κ3) is 3.23. The smallest absolute Gasteiger partial charge is 0.306 e. The summed E-state index contributed by atoms with van der Waals surface area (Å²) in [5, 5.41) is 0.595. The first kappa shape index (κ1) is 12.5. The van der Waals surface area contributed by atoms with E-state index in [4.69, 9.17) is 4.74 Å². The number of esters is 1. The summed E-state index contributed by atoms with van der Waals surface area (Å²) in [5.74, 6) is -0.307. The lowest BCUT2D eigenvalue weighted by molar-refractivity contribution is -0.143. The molecule has 1 aromatic rings. The molecule has 0 radical (unpaired) electrons. The maximum atomic E-state index is 11.1. The van der Waals surface area contributed by atoms with Gasteiger partial charge in [-0.15, -0.1) is 11.3 Å². The van der Waals surface area contributed by atoms with Crippen LogP contribution in [-0.4, -0.2) is 30.1 Å². The first-order valence-electron chi connectivity index (χ1n) is 4.77. The fourth-order valence-electron chi connectivity index (χ4n) is 1.11. The number of carbonyl (C=O) groups excluding carboxylic acids is 3. The molecule has 0 aliphatic rings. The Labute approximate surface area is 96.4 Å². The lowest BCUT2D eigenvalue weighted by Gasteiger charge is -1.98. The van der Waals surface area contributed by atoms with Crippen LogP contribution in [0.15, 0.2) is 0 Å². The monoisotopic (exact) mass is 241 g/mol. The summed E-state index contributed by atoms with van der Waals surface area (Å²) in [6.45, 7) is 2.08. The number of thiazole rings is 1. The lowest BCUT2D eigenvalue weighted by Crippen LogP contribution is -2.05. The van der Waals surface area contributed by atoms with Crippen LogP contribution in [0, 0.1) is 0 Å². The molecule has 0 bridgehead atoms. The van der Waals surface area contributed by atoms with Crippen molar-refractivity contribution in [2.24, 2.45) is 0 Å². The Morgan fingerprint density at radius 2 is 2.19 bits per heavy atom. The van der Waals surface area contributed by atoms with Gasteiger partial charge < -0.3 is 4.74 Å². The average molecular weight is 241 g/mol. The number of aromatic nitrogens is 1. The number of hydrogen-bond donors (Lipinski definition) is 0. The van der Waals surface area contributed by atoms with E-state index in [0.717, 1.165) is 11.3 Å². The first-order chi connectivity index (χ1) is 7.71. The highest BCUT2D eigenvalue weighted by Crippen LogP contribution is 2.16. The van der Waals surface area contributed by atoms with Crippen molar-refractivity contribution < 1.29 is 19.1 Å². The summed E-state index contributed by atoms with van der Waals surface area (Å²) in [7, 11) is 0. The van der Waals surface area contributed by atoms with Gasteiger partial charge in [-0.05, 0) is 6.92 Å². The third-order valence-corrected chi connectivity index (χ3v) is 2.85. The van der Waals surface area contributed by atoms with Crippen LogP contribution < -0.4 is 0 Å². The number of ether oxygens (including phenoxy) is 1. The van der Waals surface area contributed by atoms with Gasteiger partial charge in [-0.2, -0.15) is 0 Å². The highest BCUT2D eigenvalue weighted by Gasteiger charge is 2.11. The van der Waals surface area contributed by atoms with E-state index in [0.29, 0.717) is 35.5 Å². The molecule has 0 aliphatic carbocycles. The van der Waals surface area contributed by atoms with Crippen LogP contribution in [-0.2, 0) is 16.0 Å². The molecule has 0 spiro atoms. The molecule has 0 fully saturated rings. The minimum atomic E-state index is -0.307. The largest absolute Gasteiger partial charge is 0.466 e. The van der Waals surface area contributed by atoms with Crippen molar-refractivity contribution in [1.82, 2.24) is 4.98 Å². The number of hydrogen-bond acceptors (Lipinski definition) is 6. The summed E-state index contributed by atoms with van der Waals surface area (Å²) in [6.07, 6.45) is 1.72. The van der Waals surface area contributed by atoms with Gasteiger partial charge in [-0.3, -0.25) is 14.4 Å². The first-order valence-corrected chi connectivity index (χ1v) is 5.58. The Hall–Kier alpha value is -1.56. The fraction of sp³-hybridized carbons (Fsp3) is 0.400. The molecule has 0 aromatic carbocycles. The van der Waals surface area contributed by atoms with Gasteiger partial charge in [0.1, 0.15) is 5.69 Å². The number of aryl methyl sites for hydroxylation is 1. The highest BCUT2D eigenvalue weighted by atomic mass is 32.1. The molecule has 0 N–H and O–H groups in total.